The second-order valence-electron chi connectivity index (χ2n) is 4.37. The molecule has 0 amide bonds. The van der Waals surface area contributed by atoms with Gasteiger partial charge in [0.2, 0.25) is 0 Å². The summed E-state index contributed by atoms with van der Waals surface area (Å²) in [6.45, 7) is 0.868. The van der Waals surface area contributed by atoms with Gasteiger partial charge in [-0.2, -0.15) is 0 Å². The Morgan fingerprint density at radius 3 is 1.86 bits per heavy atom. The average molecular weight is 351 g/mol. The molecule has 0 spiro atoms. The van der Waals surface area contributed by atoms with Crippen molar-refractivity contribution < 1.29 is 19.4 Å². The van der Waals surface area contributed by atoms with Crippen LogP contribution in [0.3, 0.4) is 0 Å². The first-order chi connectivity index (χ1) is 10.1. The van der Waals surface area contributed by atoms with Gasteiger partial charge in [-0.05, 0) is 42.0 Å². The highest BCUT2D eigenvalue weighted by molar-refractivity contribution is 9.10. The molecule has 2 aromatic carbocycles. The average Bonchev–Trinajstić information content (AvgIpc) is 2.46. The van der Waals surface area contributed by atoms with E-state index in [2.05, 4.69) is 15.9 Å². The Morgan fingerprint density at radius 2 is 1.38 bits per heavy atom. The minimum Gasteiger partial charge on any atom is -0.490 e. The number of carboxylic acids is 1. The molecule has 0 atom stereocenters. The zero-order valence-corrected chi connectivity index (χ0v) is 12.9. The zero-order chi connectivity index (χ0) is 15.1. The summed E-state index contributed by atoms with van der Waals surface area (Å²) in [5.74, 6) is 0.647. The van der Waals surface area contributed by atoms with E-state index in [1.807, 2.05) is 24.3 Å². The van der Waals surface area contributed by atoms with Gasteiger partial charge in [0.1, 0.15) is 24.7 Å². The Balaban J connectivity index is 1.73. The van der Waals surface area contributed by atoms with Gasteiger partial charge in [0.05, 0.1) is 6.42 Å². The molecule has 2 aromatic rings. The third-order valence-electron chi connectivity index (χ3n) is 2.71. The van der Waals surface area contributed by atoms with E-state index in [-0.39, 0.29) is 6.42 Å². The molecule has 0 saturated heterocycles. The van der Waals surface area contributed by atoms with Crippen LogP contribution in [0.25, 0.3) is 0 Å². The predicted molar refractivity (Wildman–Crippen MR) is 82.9 cm³/mol. The highest BCUT2D eigenvalue weighted by atomic mass is 79.9. The van der Waals surface area contributed by atoms with Crippen LogP contribution in [0.2, 0.25) is 0 Å². The molecule has 0 fully saturated rings. The van der Waals surface area contributed by atoms with Crippen LogP contribution in [0.5, 0.6) is 11.5 Å². The molecule has 0 aromatic heterocycles. The van der Waals surface area contributed by atoms with Gasteiger partial charge in [0.15, 0.2) is 0 Å². The number of ether oxygens (including phenoxy) is 2. The largest absolute Gasteiger partial charge is 0.490 e. The minimum absolute atomic E-state index is 0.0208. The number of aliphatic carboxylic acids is 1. The van der Waals surface area contributed by atoms with Gasteiger partial charge in [-0.25, -0.2) is 0 Å². The quantitative estimate of drug-likeness (QED) is 0.776. The summed E-state index contributed by atoms with van der Waals surface area (Å²) in [5.41, 5.74) is 0.751. The third-order valence-corrected chi connectivity index (χ3v) is 3.24. The van der Waals surface area contributed by atoms with Crippen LogP contribution in [0.4, 0.5) is 0 Å². The van der Waals surface area contributed by atoms with E-state index < -0.39 is 5.97 Å². The number of carboxylic acid groups (broad SMARTS) is 1. The van der Waals surface area contributed by atoms with Crippen molar-refractivity contribution in [3.05, 3.63) is 58.6 Å². The molecule has 0 heterocycles. The molecule has 21 heavy (non-hydrogen) atoms. The minimum atomic E-state index is -0.841. The fraction of sp³-hybridized carbons (Fsp3) is 0.188. The highest BCUT2D eigenvalue weighted by Crippen LogP contribution is 2.16. The van der Waals surface area contributed by atoms with Crippen molar-refractivity contribution in [3.8, 4) is 11.5 Å². The topological polar surface area (TPSA) is 55.8 Å². The molecule has 5 heteroatoms. The molecule has 0 bridgehead atoms. The summed E-state index contributed by atoms with van der Waals surface area (Å²) in [6.07, 6.45) is 0.0208. The standard InChI is InChI=1S/C16H15BrO4/c17-13-3-7-15(8-4-13)21-10-9-20-14-5-1-12(2-6-14)11-16(18)19/h1-8H,9-11H2,(H,18,19). The lowest BCUT2D eigenvalue weighted by Crippen LogP contribution is -2.09. The molecule has 1 N–H and O–H groups in total. The Morgan fingerprint density at radius 1 is 0.905 bits per heavy atom. The maximum absolute atomic E-state index is 10.6. The van der Waals surface area contributed by atoms with Crippen LogP contribution in [0.1, 0.15) is 5.56 Å². The Labute approximate surface area is 131 Å². The van der Waals surface area contributed by atoms with Crippen molar-refractivity contribution in [1.82, 2.24) is 0 Å². The number of hydrogen-bond acceptors (Lipinski definition) is 3. The molecule has 0 saturated carbocycles. The van der Waals surface area contributed by atoms with Crippen LogP contribution in [0.15, 0.2) is 53.0 Å². The summed E-state index contributed by atoms with van der Waals surface area (Å²) >= 11 is 3.36. The van der Waals surface area contributed by atoms with Gasteiger partial charge in [-0.1, -0.05) is 28.1 Å². The molecule has 0 radical (unpaired) electrons. The lowest BCUT2D eigenvalue weighted by Gasteiger charge is -2.08. The van der Waals surface area contributed by atoms with E-state index in [0.717, 1.165) is 15.8 Å². The maximum atomic E-state index is 10.6. The van der Waals surface area contributed by atoms with Crippen molar-refractivity contribution in [1.29, 1.82) is 0 Å². The Kier molecular flexibility index (Phi) is 5.63. The molecule has 110 valence electrons. The molecule has 4 nitrogen and oxygen atoms in total. The SMILES string of the molecule is O=C(O)Cc1ccc(OCCOc2ccc(Br)cc2)cc1. The lowest BCUT2D eigenvalue weighted by atomic mass is 10.1. The van der Waals surface area contributed by atoms with Gasteiger partial charge in [0.25, 0.3) is 0 Å². The van der Waals surface area contributed by atoms with Crippen LogP contribution < -0.4 is 9.47 Å². The van der Waals surface area contributed by atoms with E-state index in [4.69, 9.17) is 14.6 Å². The van der Waals surface area contributed by atoms with Crippen LogP contribution in [-0.2, 0) is 11.2 Å². The Bertz CT molecular complexity index is 578. The summed E-state index contributed by atoms with van der Waals surface area (Å²) in [4.78, 5) is 10.6. The van der Waals surface area contributed by atoms with E-state index in [1.54, 1.807) is 24.3 Å². The summed E-state index contributed by atoms with van der Waals surface area (Å²) in [7, 11) is 0. The fourth-order valence-electron chi connectivity index (χ4n) is 1.73. The maximum Gasteiger partial charge on any atom is 0.307 e. The second kappa shape index (κ2) is 7.69. The molecule has 0 aliphatic carbocycles. The van der Waals surface area contributed by atoms with E-state index in [9.17, 15) is 4.79 Å². The number of benzene rings is 2. The number of carbonyl (C=O) groups is 1. The first-order valence-corrected chi connectivity index (χ1v) is 7.25. The third kappa shape index (κ3) is 5.47. The summed E-state index contributed by atoms with van der Waals surface area (Å²) in [6, 6.07) is 14.6. The van der Waals surface area contributed by atoms with Crippen LogP contribution >= 0.6 is 15.9 Å². The molecule has 2 rings (SSSR count). The molecular formula is C16H15BrO4. The van der Waals surface area contributed by atoms with E-state index in [0.29, 0.717) is 19.0 Å². The van der Waals surface area contributed by atoms with Gasteiger partial charge >= 0.3 is 5.97 Å². The molecule has 0 aliphatic rings. The zero-order valence-electron chi connectivity index (χ0n) is 11.3. The van der Waals surface area contributed by atoms with Crippen molar-refractivity contribution in [2.45, 2.75) is 6.42 Å². The van der Waals surface area contributed by atoms with Crippen LogP contribution in [-0.4, -0.2) is 24.3 Å². The van der Waals surface area contributed by atoms with E-state index >= 15 is 0 Å². The van der Waals surface area contributed by atoms with Gasteiger partial charge in [-0.15, -0.1) is 0 Å². The smallest absolute Gasteiger partial charge is 0.307 e. The highest BCUT2D eigenvalue weighted by Gasteiger charge is 2.01. The monoisotopic (exact) mass is 350 g/mol. The van der Waals surface area contributed by atoms with Crippen molar-refractivity contribution in [3.63, 3.8) is 0 Å². The first-order valence-electron chi connectivity index (χ1n) is 6.45. The number of hydrogen-bond donors (Lipinski definition) is 1. The van der Waals surface area contributed by atoms with Crippen molar-refractivity contribution in [2.24, 2.45) is 0 Å². The first kappa shape index (κ1) is 15.4. The molecular weight excluding hydrogens is 336 g/mol. The van der Waals surface area contributed by atoms with Crippen LogP contribution in [0, 0.1) is 0 Å². The van der Waals surface area contributed by atoms with Crippen molar-refractivity contribution >= 4 is 21.9 Å². The summed E-state index contributed by atoms with van der Waals surface area (Å²) < 4.78 is 12.1. The number of rotatable bonds is 7. The second-order valence-corrected chi connectivity index (χ2v) is 5.28. The van der Waals surface area contributed by atoms with Gasteiger partial charge in [0, 0.05) is 4.47 Å². The van der Waals surface area contributed by atoms with Gasteiger partial charge < -0.3 is 14.6 Å². The van der Waals surface area contributed by atoms with Crippen molar-refractivity contribution in [2.75, 3.05) is 13.2 Å². The number of halogens is 1. The Hall–Kier alpha value is -2.01. The molecule has 0 unspecified atom stereocenters. The summed E-state index contributed by atoms with van der Waals surface area (Å²) in [5, 5.41) is 8.68. The predicted octanol–water partition coefficient (Wildman–Crippen LogP) is 3.53. The van der Waals surface area contributed by atoms with Gasteiger partial charge in [-0.3, -0.25) is 4.79 Å². The lowest BCUT2D eigenvalue weighted by molar-refractivity contribution is -0.136. The fourth-order valence-corrected chi connectivity index (χ4v) is 1.99. The molecule has 0 aliphatic heterocycles. The normalized spacial score (nSPS) is 10.1. The van der Waals surface area contributed by atoms with E-state index in [1.165, 1.54) is 0 Å².